The molecule has 0 spiro atoms. The van der Waals surface area contributed by atoms with Crippen LogP contribution in [0.3, 0.4) is 0 Å². The lowest BCUT2D eigenvalue weighted by atomic mass is 9.95. The van der Waals surface area contributed by atoms with Crippen molar-refractivity contribution in [3.8, 4) is 6.07 Å². The van der Waals surface area contributed by atoms with Gasteiger partial charge in [0.1, 0.15) is 0 Å². The van der Waals surface area contributed by atoms with E-state index in [4.69, 9.17) is 5.26 Å². The van der Waals surface area contributed by atoms with Crippen LogP contribution in [-0.4, -0.2) is 40.7 Å². The van der Waals surface area contributed by atoms with E-state index in [0.29, 0.717) is 25.2 Å². The van der Waals surface area contributed by atoms with Crippen LogP contribution in [-0.2, 0) is 11.3 Å². The third kappa shape index (κ3) is 4.60. The summed E-state index contributed by atoms with van der Waals surface area (Å²) >= 11 is 1.44. The van der Waals surface area contributed by atoms with Gasteiger partial charge in [0.25, 0.3) is 5.91 Å². The van der Waals surface area contributed by atoms with E-state index in [9.17, 15) is 9.59 Å². The molecule has 0 radical (unpaired) electrons. The van der Waals surface area contributed by atoms with Gasteiger partial charge >= 0.3 is 0 Å². The largest absolute Gasteiger partial charge is 0.337 e. The second-order valence-corrected chi connectivity index (χ2v) is 8.38. The summed E-state index contributed by atoms with van der Waals surface area (Å²) in [4.78, 5) is 30.4. The minimum absolute atomic E-state index is 0.0238. The van der Waals surface area contributed by atoms with Gasteiger partial charge < -0.3 is 9.80 Å². The molecule has 3 rings (SSSR count). The van der Waals surface area contributed by atoms with Gasteiger partial charge in [0, 0.05) is 25.7 Å². The Kier molecular flexibility index (Phi) is 6.48. The van der Waals surface area contributed by atoms with Gasteiger partial charge in [-0.25, -0.2) is 0 Å². The Hall–Kier alpha value is -2.65. The maximum Gasteiger partial charge on any atom is 0.263 e. The fraction of sp³-hybridized carbons (Fsp3) is 0.409. The zero-order valence-corrected chi connectivity index (χ0v) is 17.1. The molecule has 1 fully saturated rings. The highest BCUT2D eigenvalue weighted by Crippen LogP contribution is 2.24. The van der Waals surface area contributed by atoms with Crippen molar-refractivity contribution in [2.75, 3.05) is 13.1 Å². The molecule has 1 aliphatic rings. The van der Waals surface area contributed by atoms with E-state index in [1.54, 1.807) is 12.1 Å². The number of piperidine rings is 1. The highest BCUT2D eigenvalue weighted by molar-refractivity contribution is 7.12. The van der Waals surface area contributed by atoms with Crippen molar-refractivity contribution in [2.24, 2.45) is 5.92 Å². The number of hydrogen-bond acceptors (Lipinski definition) is 4. The van der Waals surface area contributed by atoms with Gasteiger partial charge in [-0.15, -0.1) is 11.3 Å². The summed E-state index contributed by atoms with van der Waals surface area (Å²) in [6.45, 7) is 5.72. The second-order valence-electron chi connectivity index (χ2n) is 7.44. The number of hydrogen-bond donors (Lipinski definition) is 0. The van der Waals surface area contributed by atoms with E-state index in [1.807, 2.05) is 53.3 Å². The van der Waals surface area contributed by atoms with Crippen LogP contribution in [0.5, 0.6) is 0 Å². The van der Waals surface area contributed by atoms with E-state index in [2.05, 4.69) is 6.07 Å². The van der Waals surface area contributed by atoms with Crippen LogP contribution in [0.2, 0.25) is 0 Å². The molecule has 2 aromatic rings. The monoisotopic (exact) mass is 395 g/mol. The summed E-state index contributed by atoms with van der Waals surface area (Å²) in [5, 5.41) is 10.8. The molecule has 0 saturated carbocycles. The Bertz CT molecular complexity index is 853. The number of amides is 2. The molecule has 1 atom stereocenters. The minimum Gasteiger partial charge on any atom is -0.337 e. The van der Waals surface area contributed by atoms with Crippen LogP contribution in [0.25, 0.3) is 0 Å². The highest BCUT2D eigenvalue weighted by atomic mass is 32.1. The summed E-state index contributed by atoms with van der Waals surface area (Å²) in [5.41, 5.74) is 1.62. The molecule has 0 aliphatic carbocycles. The number of nitriles is 1. The molecule has 1 unspecified atom stereocenters. The molecular weight excluding hydrogens is 370 g/mol. The average Bonchev–Trinajstić information content (AvgIpc) is 3.26. The first kappa shape index (κ1) is 20.1. The van der Waals surface area contributed by atoms with Gasteiger partial charge in [0.2, 0.25) is 5.91 Å². The van der Waals surface area contributed by atoms with Crippen LogP contribution in [0.1, 0.15) is 47.5 Å². The predicted octanol–water partition coefficient (Wildman–Crippen LogP) is 3.91. The number of thiophene rings is 1. The molecule has 1 aromatic heterocycles. The fourth-order valence-electron chi connectivity index (χ4n) is 3.55. The van der Waals surface area contributed by atoms with Crippen molar-refractivity contribution in [3.63, 3.8) is 0 Å². The van der Waals surface area contributed by atoms with Gasteiger partial charge in [-0.3, -0.25) is 9.59 Å². The zero-order chi connectivity index (χ0) is 20.1. The first-order valence-electron chi connectivity index (χ1n) is 9.62. The average molecular weight is 396 g/mol. The standard InChI is InChI=1S/C22H25N3O2S/c1-16(2)25(14-18-9-7-17(13-23)8-10-18)21(26)19-5-3-11-24(15-19)22(27)20-6-4-12-28-20/h4,6-10,12,16,19H,3,5,11,14-15H2,1-2H3. The maximum absolute atomic E-state index is 13.3. The van der Waals surface area contributed by atoms with Crippen LogP contribution in [0, 0.1) is 17.2 Å². The molecule has 146 valence electrons. The van der Waals surface area contributed by atoms with Crippen molar-refractivity contribution in [3.05, 3.63) is 57.8 Å². The number of carbonyl (C=O) groups is 2. The first-order chi connectivity index (χ1) is 13.5. The maximum atomic E-state index is 13.3. The summed E-state index contributed by atoms with van der Waals surface area (Å²) in [6, 6.07) is 13.2. The Morgan fingerprint density at radius 1 is 1.29 bits per heavy atom. The molecule has 2 heterocycles. The lowest BCUT2D eigenvalue weighted by molar-refractivity contribution is -0.139. The summed E-state index contributed by atoms with van der Waals surface area (Å²) in [5.74, 6) is -0.0443. The Morgan fingerprint density at radius 2 is 2.04 bits per heavy atom. The molecule has 2 amide bonds. The molecule has 0 bridgehead atoms. The Morgan fingerprint density at radius 3 is 2.64 bits per heavy atom. The number of benzene rings is 1. The lowest BCUT2D eigenvalue weighted by Gasteiger charge is -2.36. The minimum atomic E-state index is -0.168. The van der Waals surface area contributed by atoms with Crippen molar-refractivity contribution in [1.82, 2.24) is 9.80 Å². The van der Waals surface area contributed by atoms with E-state index in [1.165, 1.54) is 11.3 Å². The van der Waals surface area contributed by atoms with Crippen molar-refractivity contribution >= 4 is 23.2 Å². The van der Waals surface area contributed by atoms with Crippen LogP contribution in [0.4, 0.5) is 0 Å². The molecule has 28 heavy (non-hydrogen) atoms. The molecule has 0 N–H and O–H groups in total. The number of carbonyl (C=O) groups excluding carboxylic acids is 2. The Labute approximate surface area is 170 Å². The SMILES string of the molecule is CC(C)N(Cc1ccc(C#N)cc1)C(=O)C1CCCN(C(=O)c2cccs2)C1. The fourth-order valence-corrected chi connectivity index (χ4v) is 4.24. The quantitative estimate of drug-likeness (QED) is 0.771. The van der Waals surface area contributed by atoms with Gasteiger partial charge in [0.05, 0.1) is 22.4 Å². The molecule has 6 heteroatoms. The van der Waals surface area contributed by atoms with Crippen LogP contribution in [0.15, 0.2) is 41.8 Å². The highest BCUT2D eigenvalue weighted by Gasteiger charge is 2.32. The van der Waals surface area contributed by atoms with Gasteiger partial charge in [-0.2, -0.15) is 5.26 Å². The predicted molar refractivity (Wildman–Crippen MR) is 110 cm³/mol. The lowest BCUT2D eigenvalue weighted by Crippen LogP contribution is -2.48. The smallest absolute Gasteiger partial charge is 0.263 e. The molecule has 1 aliphatic heterocycles. The van der Waals surface area contributed by atoms with Gasteiger partial charge in [-0.05, 0) is 55.8 Å². The third-order valence-corrected chi connectivity index (χ3v) is 5.99. The summed E-state index contributed by atoms with van der Waals surface area (Å²) < 4.78 is 0. The topological polar surface area (TPSA) is 64.4 Å². The summed E-state index contributed by atoms with van der Waals surface area (Å²) in [6.07, 6.45) is 1.65. The second kappa shape index (κ2) is 9.03. The molecule has 1 saturated heterocycles. The van der Waals surface area contributed by atoms with E-state index in [0.717, 1.165) is 23.3 Å². The number of likely N-dealkylation sites (tertiary alicyclic amines) is 1. The Balaban J connectivity index is 1.69. The molecule has 1 aromatic carbocycles. The zero-order valence-electron chi connectivity index (χ0n) is 16.3. The molecule has 5 nitrogen and oxygen atoms in total. The van der Waals surface area contributed by atoms with Crippen molar-refractivity contribution in [1.29, 1.82) is 5.26 Å². The number of rotatable bonds is 5. The van der Waals surface area contributed by atoms with Gasteiger partial charge in [-0.1, -0.05) is 18.2 Å². The summed E-state index contributed by atoms with van der Waals surface area (Å²) in [7, 11) is 0. The first-order valence-corrected chi connectivity index (χ1v) is 10.5. The normalized spacial score (nSPS) is 16.6. The number of nitrogens with zero attached hydrogens (tertiary/aromatic N) is 3. The van der Waals surface area contributed by atoms with E-state index in [-0.39, 0.29) is 23.8 Å². The van der Waals surface area contributed by atoms with Crippen molar-refractivity contribution < 1.29 is 9.59 Å². The van der Waals surface area contributed by atoms with Gasteiger partial charge in [0.15, 0.2) is 0 Å². The van der Waals surface area contributed by atoms with Crippen LogP contribution >= 0.6 is 11.3 Å². The third-order valence-electron chi connectivity index (χ3n) is 5.13. The van der Waals surface area contributed by atoms with E-state index < -0.39 is 0 Å². The van der Waals surface area contributed by atoms with Crippen LogP contribution < -0.4 is 0 Å². The van der Waals surface area contributed by atoms with Crippen molar-refractivity contribution in [2.45, 2.75) is 39.3 Å². The molecular formula is C22H25N3O2S. The van der Waals surface area contributed by atoms with E-state index >= 15 is 0 Å².